The van der Waals surface area contributed by atoms with E-state index in [2.05, 4.69) is 0 Å². The summed E-state index contributed by atoms with van der Waals surface area (Å²) in [4.78, 5) is 13.8. The van der Waals surface area contributed by atoms with E-state index in [1.807, 2.05) is 12.1 Å². The minimum absolute atomic E-state index is 0.0493. The number of ether oxygens (including phenoxy) is 2. The Kier molecular flexibility index (Phi) is 5.11. The zero-order chi connectivity index (χ0) is 16.9. The number of hydrogen-bond acceptors (Lipinski definition) is 4. The number of nitrogen functional groups attached to an aromatic ring is 1. The van der Waals surface area contributed by atoms with E-state index in [1.54, 1.807) is 35.2 Å². The van der Waals surface area contributed by atoms with Gasteiger partial charge in [0.25, 0.3) is 5.91 Å². The van der Waals surface area contributed by atoms with Crippen LogP contribution < -0.4 is 20.1 Å². The third-order valence-electron chi connectivity index (χ3n) is 3.78. The van der Waals surface area contributed by atoms with Crippen LogP contribution in [0.15, 0.2) is 42.5 Å². The van der Waals surface area contributed by atoms with Gasteiger partial charge in [-0.1, -0.05) is 11.6 Å². The maximum Gasteiger partial charge on any atom is 0.265 e. The number of amides is 1. The fourth-order valence-corrected chi connectivity index (χ4v) is 2.68. The monoisotopic (exact) mass is 346 g/mol. The lowest BCUT2D eigenvalue weighted by molar-refractivity contribution is -0.121. The maximum atomic E-state index is 12.1. The summed E-state index contributed by atoms with van der Waals surface area (Å²) in [6.45, 7) is 1.27. The van der Waals surface area contributed by atoms with Crippen LogP contribution in [0.3, 0.4) is 0 Å². The van der Waals surface area contributed by atoms with Crippen molar-refractivity contribution in [2.24, 2.45) is 0 Å². The summed E-state index contributed by atoms with van der Waals surface area (Å²) in [5, 5.41) is 0.686. The molecule has 0 saturated carbocycles. The lowest BCUT2D eigenvalue weighted by Gasteiger charge is -2.29. The Bertz CT molecular complexity index is 719. The Labute approximate surface area is 145 Å². The molecule has 0 aromatic heterocycles. The van der Waals surface area contributed by atoms with Gasteiger partial charge in [-0.05, 0) is 55.3 Å². The summed E-state index contributed by atoms with van der Waals surface area (Å²) >= 11 is 5.84. The van der Waals surface area contributed by atoms with Crippen molar-refractivity contribution in [3.8, 4) is 11.5 Å². The molecule has 3 rings (SSSR count). The number of unbranched alkanes of at least 4 members (excludes halogenated alkanes) is 1. The third kappa shape index (κ3) is 3.92. The molecule has 0 saturated heterocycles. The van der Waals surface area contributed by atoms with E-state index >= 15 is 0 Å². The van der Waals surface area contributed by atoms with Gasteiger partial charge in [-0.3, -0.25) is 4.79 Å². The first-order valence-corrected chi connectivity index (χ1v) is 8.22. The topological polar surface area (TPSA) is 64.8 Å². The average molecular weight is 347 g/mol. The SMILES string of the molecule is Nc1ccc2c(c1)N(CCCCOc1ccc(Cl)cc1)C(=O)CO2. The molecular weight excluding hydrogens is 328 g/mol. The molecule has 2 N–H and O–H groups in total. The Balaban J connectivity index is 1.50. The zero-order valence-electron chi connectivity index (χ0n) is 13.2. The zero-order valence-corrected chi connectivity index (χ0v) is 14.0. The molecular formula is C18H19ClN2O3. The molecule has 5 nitrogen and oxygen atoms in total. The van der Waals surface area contributed by atoms with Crippen LogP contribution in [0.25, 0.3) is 0 Å². The number of hydrogen-bond donors (Lipinski definition) is 1. The van der Waals surface area contributed by atoms with Crippen LogP contribution in [0.5, 0.6) is 11.5 Å². The fourth-order valence-electron chi connectivity index (χ4n) is 2.56. The van der Waals surface area contributed by atoms with Gasteiger partial charge in [0.1, 0.15) is 11.5 Å². The van der Waals surface area contributed by atoms with Crippen LogP contribution >= 0.6 is 11.6 Å². The molecule has 0 radical (unpaired) electrons. The number of fused-ring (bicyclic) bond motifs is 1. The second-order valence-corrected chi connectivity index (χ2v) is 6.01. The minimum Gasteiger partial charge on any atom is -0.494 e. The van der Waals surface area contributed by atoms with Crippen molar-refractivity contribution in [3.63, 3.8) is 0 Å². The Morgan fingerprint density at radius 3 is 2.75 bits per heavy atom. The van der Waals surface area contributed by atoms with E-state index in [-0.39, 0.29) is 12.5 Å². The van der Waals surface area contributed by atoms with E-state index in [1.165, 1.54) is 0 Å². The summed E-state index contributed by atoms with van der Waals surface area (Å²) in [6, 6.07) is 12.6. The molecule has 6 heteroatoms. The van der Waals surface area contributed by atoms with Gasteiger partial charge in [-0.25, -0.2) is 0 Å². The second-order valence-electron chi connectivity index (χ2n) is 5.57. The number of benzene rings is 2. The standard InChI is InChI=1S/C18H19ClN2O3/c19-13-3-6-15(7-4-13)23-10-2-1-9-21-16-11-14(20)5-8-17(16)24-12-18(21)22/h3-8,11H,1-2,9-10,12,20H2. The molecule has 0 bridgehead atoms. The molecule has 0 fully saturated rings. The lowest BCUT2D eigenvalue weighted by atomic mass is 10.2. The van der Waals surface area contributed by atoms with Crippen LogP contribution in [0, 0.1) is 0 Å². The molecule has 2 aromatic carbocycles. The largest absolute Gasteiger partial charge is 0.494 e. The first kappa shape index (κ1) is 16.5. The summed E-state index contributed by atoms with van der Waals surface area (Å²) in [5.74, 6) is 1.44. The highest BCUT2D eigenvalue weighted by molar-refractivity contribution is 6.30. The van der Waals surface area contributed by atoms with Gasteiger partial charge in [-0.2, -0.15) is 0 Å². The van der Waals surface area contributed by atoms with E-state index in [9.17, 15) is 4.79 Å². The number of nitrogens with zero attached hydrogens (tertiary/aromatic N) is 1. The van der Waals surface area contributed by atoms with Crippen LogP contribution in [0.4, 0.5) is 11.4 Å². The molecule has 1 amide bonds. The van der Waals surface area contributed by atoms with E-state index in [0.717, 1.165) is 24.3 Å². The second kappa shape index (κ2) is 7.45. The van der Waals surface area contributed by atoms with Crippen molar-refractivity contribution >= 4 is 28.9 Å². The molecule has 1 aliphatic rings. The van der Waals surface area contributed by atoms with Gasteiger partial charge in [0.2, 0.25) is 0 Å². The van der Waals surface area contributed by atoms with E-state index < -0.39 is 0 Å². The predicted molar refractivity (Wildman–Crippen MR) is 94.9 cm³/mol. The molecule has 1 heterocycles. The van der Waals surface area contributed by atoms with Gasteiger partial charge in [0.05, 0.1) is 12.3 Å². The molecule has 0 aliphatic carbocycles. The number of halogens is 1. The molecule has 0 spiro atoms. The van der Waals surface area contributed by atoms with Crippen molar-refractivity contribution in [2.45, 2.75) is 12.8 Å². The van der Waals surface area contributed by atoms with Crippen molar-refractivity contribution in [1.29, 1.82) is 0 Å². The quantitative estimate of drug-likeness (QED) is 0.642. The summed E-state index contributed by atoms with van der Waals surface area (Å²) in [7, 11) is 0. The van der Waals surface area contributed by atoms with Gasteiger partial charge in [-0.15, -0.1) is 0 Å². The number of anilines is 2. The van der Waals surface area contributed by atoms with Crippen LogP contribution in [-0.2, 0) is 4.79 Å². The molecule has 126 valence electrons. The van der Waals surface area contributed by atoms with Gasteiger partial charge in [0, 0.05) is 17.3 Å². The Morgan fingerprint density at radius 2 is 1.96 bits per heavy atom. The van der Waals surface area contributed by atoms with Crippen molar-refractivity contribution < 1.29 is 14.3 Å². The molecule has 2 aromatic rings. The fraction of sp³-hybridized carbons (Fsp3) is 0.278. The van der Waals surface area contributed by atoms with Crippen molar-refractivity contribution in [2.75, 3.05) is 30.4 Å². The summed E-state index contributed by atoms with van der Waals surface area (Å²) in [6.07, 6.45) is 1.67. The molecule has 0 unspecified atom stereocenters. The number of carbonyl (C=O) groups is 1. The molecule has 24 heavy (non-hydrogen) atoms. The third-order valence-corrected chi connectivity index (χ3v) is 4.04. The van der Waals surface area contributed by atoms with E-state index in [0.29, 0.717) is 29.6 Å². The highest BCUT2D eigenvalue weighted by Gasteiger charge is 2.25. The maximum absolute atomic E-state index is 12.1. The number of rotatable bonds is 6. The smallest absolute Gasteiger partial charge is 0.265 e. The predicted octanol–water partition coefficient (Wildman–Crippen LogP) is 3.51. The molecule has 0 atom stereocenters. The lowest BCUT2D eigenvalue weighted by Crippen LogP contribution is -2.39. The van der Waals surface area contributed by atoms with Crippen molar-refractivity contribution in [1.82, 2.24) is 0 Å². The highest BCUT2D eigenvalue weighted by Crippen LogP contribution is 2.33. The van der Waals surface area contributed by atoms with Gasteiger partial charge < -0.3 is 20.1 Å². The summed E-state index contributed by atoms with van der Waals surface area (Å²) in [5.41, 5.74) is 7.17. The van der Waals surface area contributed by atoms with Gasteiger partial charge in [0.15, 0.2) is 6.61 Å². The first-order valence-electron chi connectivity index (χ1n) is 7.84. The van der Waals surface area contributed by atoms with E-state index in [4.69, 9.17) is 26.8 Å². The van der Waals surface area contributed by atoms with Crippen LogP contribution in [0.1, 0.15) is 12.8 Å². The van der Waals surface area contributed by atoms with Crippen LogP contribution in [-0.4, -0.2) is 25.7 Å². The Hall–Kier alpha value is -2.40. The molecule has 1 aliphatic heterocycles. The normalized spacial score (nSPS) is 13.4. The average Bonchev–Trinajstić information content (AvgIpc) is 2.58. The number of nitrogens with two attached hydrogens (primary N) is 1. The van der Waals surface area contributed by atoms with Crippen molar-refractivity contribution in [3.05, 3.63) is 47.5 Å². The van der Waals surface area contributed by atoms with Gasteiger partial charge >= 0.3 is 0 Å². The Morgan fingerprint density at radius 1 is 1.17 bits per heavy atom. The number of carbonyl (C=O) groups excluding carboxylic acids is 1. The first-order chi connectivity index (χ1) is 11.6. The highest BCUT2D eigenvalue weighted by atomic mass is 35.5. The summed E-state index contributed by atoms with van der Waals surface area (Å²) < 4.78 is 11.1. The minimum atomic E-state index is -0.0493. The van der Waals surface area contributed by atoms with Crippen LogP contribution in [0.2, 0.25) is 5.02 Å².